The summed E-state index contributed by atoms with van der Waals surface area (Å²) in [5, 5.41) is 3.25. The van der Waals surface area contributed by atoms with Gasteiger partial charge in [0.15, 0.2) is 0 Å². The number of hydrogen-bond acceptors (Lipinski definition) is 3. The normalized spacial score (nSPS) is 18.8. The molecule has 1 atom stereocenters. The second kappa shape index (κ2) is 7.48. The highest BCUT2D eigenvalue weighted by atomic mass is 35.5. The second-order valence-electron chi connectivity index (χ2n) is 4.78. The number of nitrogens with one attached hydrogen (secondary N) is 1. The first-order valence-corrected chi connectivity index (χ1v) is 6.50. The topological polar surface area (TPSA) is 58.4 Å². The van der Waals surface area contributed by atoms with E-state index in [-0.39, 0.29) is 18.3 Å². The number of hydrogen-bond donors (Lipinski definition) is 2. The van der Waals surface area contributed by atoms with Crippen LogP contribution in [0.5, 0.6) is 0 Å². The molecular weight excluding hydrogens is 262 g/mol. The van der Waals surface area contributed by atoms with Gasteiger partial charge >= 0.3 is 0 Å². The smallest absolute Gasteiger partial charge is 0.253 e. The first-order chi connectivity index (χ1) is 8.74. The highest BCUT2D eigenvalue weighted by Crippen LogP contribution is 2.14. The van der Waals surface area contributed by atoms with Crippen LogP contribution in [0.2, 0.25) is 0 Å². The van der Waals surface area contributed by atoms with Crippen LogP contribution in [0.3, 0.4) is 0 Å². The Morgan fingerprint density at radius 3 is 2.68 bits per heavy atom. The molecule has 0 aromatic heterocycles. The molecule has 0 unspecified atom stereocenters. The number of amides is 1. The van der Waals surface area contributed by atoms with Crippen molar-refractivity contribution in [1.29, 1.82) is 0 Å². The molecule has 1 aromatic carbocycles. The third-order valence-corrected chi connectivity index (χ3v) is 3.55. The predicted octanol–water partition coefficient (Wildman–Crippen LogP) is 1.39. The molecule has 1 aliphatic heterocycles. The fourth-order valence-electron chi connectivity index (χ4n) is 2.36. The summed E-state index contributed by atoms with van der Waals surface area (Å²) in [6, 6.07) is 8.01. The van der Waals surface area contributed by atoms with Gasteiger partial charge in [-0.15, -0.1) is 12.4 Å². The van der Waals surface area contributed by atoms with Gasteiger partial charge in [0.05, 0.1) is 0 Å². The largest absolute Gasteiger partial charge is 0.337 e. The number of carbonyl (C=O) groups is 1. The van der Waals surface area contributed by atoms with E-state index in [1.54, 1.807) is 0 Å². The van der Waals surface area contributed by atoms with Gasteiger partial charge in [0.2, 0.25) is 0 Å². The molecule has 2 rings (SSSR count). The molecule has 0 aliphatic carbocycles. The molecular formula is C14H22ClN3O. The van der Waals surface area contributed by atoms with E-state index >= 15 is 0 Å². The molecule has 0 saturated carbocycles. The summed E-state index contributed by atoms with van der Waals surface area (Å²) in [6.07, 6.45) is 2.21. The number of halogens is 1. The van der Waals surface area contributed by atoms with Gasteiger partial charge < -0.3 is 16.0 Å². The quantitative estimate of drug-likeness (QED) is 0.881. The highest BCUT2D eigenvalue weighted by Gasteiger charge is 2.23. The Bertz CT molecular complexity index is 408. The number of benzene rings is 1. The van der Waals surface area contributed by atoms with Gasteiger partial charge in [-0.25, -0.2) is 0 Å². The average Bonchev–Trinajstić information content (AvgIpc) is 2.46. The van der Waals surface area contributed by atoms with Gasteiger partial charge in [0.1, 0.15) is 0 Å². The van der Waals surface area contributed by atoms with Gasteiger partial charge in [-0.2, -0.15) is 0 Å². The molecule has 0 spiro atoms. The van der Waals surface area contributed by atoms with Crippen LogP contribution in [0.1, 0.15) is 28.8 Å². The molecule has 4 nitrogen and oxygen atoms in total. The Morgan fingerprint density at radius 2 is 2.11 bits per heavy atom. The zero-order chi connectivity index (χ0) is 13.0. The zero-order valence-corrected chi connectivity index (χ0v) is 12.1. The Hall–Kier alpha value is -1.10. The van der Waals surface area contributed by atoms with Crippen molar-refractivity contribution in [2.24, 2.45) is 5.73 Å². The van der Waals surface area contributed by atoms with Gasteiger partial charge in [0, 0.05) is 31.2 Å². The minimum Gasteiger partial charge on any atom is -0.337 e. The van der Waals surface area contributed by atoms with Crippen LogP contribution in [-0.2, 0) is 6.54 Å². The Morgan fingerprint density at radius 1 is 1.42 bits per heavy atom. The maximum atomic E-state index is 12.3. The number of piperidine rings is 1. The fraction of sp³-hybridized carbons (Fsp3) is 0.500. The van der Waals surface area contributed by atoms with Crippen molar-refractivity contribution in [3.8, 4) is 0 Å². The number of likely N-dealkylation sites (N-methyl/N-ethyl adjacent to an activating group) is 1. The maximum Gasteiger partial charge on any atom is 0.253 e. The zero-order valence-electron chi connectivity index (χ0n) is 11.3. The lowest BCUT2D eigenvalue weighted by atomic mass is 10.0. The molecule has 0 bridgehead atoms. The minimum absolute atomic E-state index is 0. The van der Waals surface area contributed by atoms with E-state index in [0.717, 1.165) is 37.1 Å². The Balaban J connectivity index is 0.00000180. The molecule has 3 N–H and O–H groups in total. The van der Waals surface area contributed by atoms with Crippen LogP contribution < -0.4 is 11.1 Å². The molecule has 106 valence electrons. The summed E-state index contributed by atoms with van der Waals surface area (Å²) >= 11 is 0. The molecule has 0 radical (unpaired) electrons. The Labute approximate surface area is 120 Å². The van der Waals surface area contributed by atoms with Crippen molar-refractivity contribution >= 4 is 18.3 Å². The minimum atomic E-state index is 0. The summed E-state index contributed by atoms with van der Waals surface area (Å²) < 4.78 is 0. The average molecular weight is 284 g/mol. The third kappa shape index (κ3) is 3.93. The number of nitrogens with two attached hydrogens (primary N) is 1. The van der Waals surface area contributed by atoms with Crippen LogP contribution in [-0.4, -0.2) is 37.0 Å². The highest BCUT2D eigenvalue weighted by molar-refractivity contribution is 5.94. The van der Waals surface area contributed by atoms with E-state index in [1.165, 1.54) is 0 Å². The summed E-state index contributed by atoms with van der Waals surface area (Å²) in [5.41, 5.74) is 7.36. The lowest BCUT2D eigenvalue weighted by Crippen LogP contribution is -2.46. The van der Waals surface area contributed by atoms with Crippen LogP contribution in [0.4, 0.5) is 0 Å². The monoisotopic (exact) mass is 283 g/mol. The Kier molecular flexibility index (Phi) is 6.28. The third-order valence-electron chi connectivity index (χ3n) is 3.55. The van der Waals surface area contributed by atoms with Gasteiger partial charge in [-0.05, 0) is 37.6 Å². The van der Waals surface area contributed by atoms with E-state index < -0.39 is 0 Å². The lowest BCUT2D eigenvalue weighted by molar-refractivity contribution is 0.0698. The summed E-state index contributed by atoms with van der Waals surface area (Å²) in [5.74, 6) is 0.124. The predicted molar refractivity (Wildman–Crippen MR) is 79.6 cm³/mol. The van der Waals surface area contributed by atoms with Crippen LogP contribution in [0.25, 0.3) is 0 Å². The van der Waals surface area contributed by atoms with Crippen LogP contribution in [0, 0.1) is 0 Å². The summed E-state index contributed by atoms with van der Waals surface area (Å²) in [7, 11) is 1.95. The van der Waals surface area contributed by atoms with Crippen LogP contribution in [0.15, 0.2) is 24.3 Å². The number of likely N-dealkylation sites (tertiary alicyclic amines) is 1. The fourth-order valence-corrected chi connectivity index (χ4v) is 2.36. The van der Waals surface area contributed by atoms with E-state index in [1.807, 2.05) is 36.2 Å². The first-order valence-electron chi connectivity index (χ1n) is 6.50. The molecule has 1 aliphatic rings. The van der Waals surface area contributed by atoms with E-state index in [0.29, 0.717) is 12.6 Å². The molecule has 1 fully saturated rings. The number of rotatable bonds is 3. The van der Waals surface area contributed by atoms with Gasteiger partial charge in [-0.1, -0.05) is 12.1 Å². The molecule has 5 heteroatoms. The molecule has 1 amide bonds. The SMILES string of the molecule is CN[C@H]1CCCN(C(=O)c2ccc(CN)cc2)C1.Cl. The molecule has 1 saturated heterocycles. The lowest BCUT2D eigenvalue weighted by Gasteiger charge is -2.32. The molecule has 19 heavy (non-hydrogen) atoms. The van der Waals surface area contributed by atoms with Crippen molar-refractivity contribution in [2.45, 2.75) is 25.4 Å². The van der Waals surface area contributed by atoms with Crippen molar-refractivity contribution in [3.05, 3.63) is 35.4 Å². The standard InChI is InChI=1S/C14H21N3O.ClH/c1-16-13-3-2-8-17(10-13)14(18)12-6-4-11(9-15)5-7-12;/h4-7,13,16H,2-3,8-10,15H2,1H3;1H/t13-;/m0./s1. The van der Waals surface area contributed by atoms with Crippen molar-refractivity contribution in [1.82, 2.24) is 10.2 Å². The van der Waals surface area contributed by atoms with Crippen molar-refractivity contribution in [2.75, 3.05) is 20.1 Å². The maximum absolute atomic E-state index is 12.3. The van der Waals surface area contributed by atoms with E-state index in [9.17, 15) is 4.79 Å². The van der Waals surface area contributed by atoms with Crippen LogP contribution >= 0.6 is 12.4 Å². The van der Waals surface area contributed by atoms with Crippen molar-refractivity contribution in [3.63, 3.8) is 0 Å². The molecule has 1 heterocycles. The van der Waals surface area contributed by atoms with Gasteiger partial charge in [-0.3, -0.25) is 4.79 Å². The van der Waals surface area contributed by atoms with E-state index in [2.05, 4.69) is 5.32 Å². The molecule has 1 aromatic rings. The summed E-state index contributed by atoms with van der Waals surface area (Å²) in [4.78, 5) is 14.3. The second-order valence-corrected chi connectivity index (χ2v) is 4.78. The number of carbonyl (C=O) groups excluding carboxylic acids is 1. The van der Waals surface area contributed by atoms with Gasteiger partial charge in [0.25, 0.3) is 5.91 Å². The summed E-state index contributed by atoms with van der Waals surface area (Å²) in [6.45, 7) is 2.17. The van der Waals surface area contributed by atoms with E-state index in [4.69, 9.17) is 5.73 Å². The first kappa shape index (κ1) is 16.0. The van der Waals surface area contributed by atoms with Crippen molar-refractivity contribution < 1.29 is 4.79 Å². The number of nitrogens with zero attached hydrogens (tertiary/aromatic N) is 1.